The summed E-state index contributed by atoms with van der Waals surface area (Å²) in [5, 5.41) is 9.36. The molecule has 20 heavy (non-hydrogen) atoms. The number of halogens is 1. The zero-order valence-electron chi connectivity index (χ0n) is 11.3. The maximum absolute atomic E-state index is 11.4. The van der Waals surface area contributed by atoms with Crippen LogP contribution < -0.4 is 4.90 Å². The van der Waals surface area contributed by atoms with Gasteiger partial charge in [0, 0.05) is 36.3 Å². The quantitative estimate of drug-likeness (QED) is 0.895. The van der Waals surface area contributed by atoms with E-state index < -0.39 is 5.97 Å². The van der Waals surface area contributed by atoms with E-state index in [0.29, 0.717) is 16.3 Å². The van der Waals surface area contributed by atoms with Crippen LogP contribution >= 0.6 is 15.9 Å². The van der Waals surface area contributed by atoms with Gasteiger partial charge >= 0.3 is 5.97 Å². The molecule has 0 radical (unpaired) electrons. The first-order valence-corrected chi connectivity index (χ1v) is 7.82. The molecular weight excluding hydrogens is 322 g/mol. The number of anilines is 1. The monoisotopic (exact) mass is 339 g/mol. The van der Waals surface area contributed by atoms with E-state index in [4.69, 9.17) is 0 Å². The number of piperazine rings is 1. The third-order valence-electron chi connectivity index (χ3n) is 4.20. The average molecular weight is 340 g/mol. The predicted octanol–water partition coefficient (Wildman–Crippen LogP) is 2.22. The number of aromatic nitrogens is 1. The first-order valence-electron chi connectivity index (χ1n) is 7.03. The summed E-state index contributed by atoms with van der Waals surface area (Å²) >= 11 is 3.29. The molecule has 1 aromatic heterocycles. The Balaban J connectivity index is 1.84. The maximum Gasteiger partial charge on any atom is 0.339 e. The molecular formula is C14H18BrN3O2. The Morgan fingerprint density at radius 3 is 3.00 bits per heavy atom. The van der Waals surface area contributed by atoms with Crippen molar-refractivity contribution in [2.24, 2.45) is 0 Å². The molecule has 2 saturated heterocycles. The van der Waals surface area contributed by atoms with Crippen molar-refractivity contribution in [2.75, 3.05) is 31.1 Å². The number of rotatable bonds is 2. The summed E-state index contributed by atoms with van der Waals surface area (Å²) in [6, 6.07) is 2.18. The molecule has 5 nitrogen and oxygen atoms in total. The van der Waals surface area contributed by atoms with Crippen LogP contribution in [0.1, 0.15) is 29.6 Å². The number of fused-ring (bicyclic) bond motifs is 1. The third kappa shape index (κ3) is 2.67. The summed E-state index contributed by atoms with van der Waals surface area (Å²) in [5.41, 5.74) is 0.281. The highest BCUT2D eigenvalue weighted by molar-refractivity contribution is 9.10. The molecule has 0 bridgehead atoms. The van der Waals surface area contributed by atoms with Crippen molar-refractivity contribution in [3.63, 3.8) is 0 Å². The highest BCUT2D eigenvalue weighted by Crippen LogP contribution is 2.27. The van der Waals surface area contributed by atoms with Crippen LogP contribution in [-0.4, -0.2) is 53.2 Å². The number of nitrogens with zero attached hydrogens (tertiary/aromatic N) is 3. The zero-order valence-corrected chi connectivity index (χ0v) is 12.8. The van der Waals surface area contributed by atoms with Crippen molar-refractivity contribution >= 4 is 27.7 Å². The number of carboxylic acid groups (broad SMARTS) is 1. The molecule has 1 N–H and O–H groups in total. The van der Waals surface area contributed by atoms with Gasteiger partial charge in [-0.05, 0) is 41.4 Å². The van der Waals surface area contributed by atoms with Crippen LogP contribution in [0.25, 0.3) is 0 Å². The fourth-order valence-corrected chi connectivity index (χ4v) is 3.52. The normalized spacial score (nSPS) is 23.4. The Morgan fingerprint density at radius 1 is 1.35 bits per heavy atom. The third-order valence-corrected chi connectivity index (χ3v) is 4.63. The van der Waals surface area contributed by atoms with E-state index in [1.807, 2.05) is 0 Å². The fraction of sp³-hybridized carbons (Fsp3) is 0.571. The van der Waals surface area contributed by atoms with E-state index in [1.165, 1.54) is 25.8 Å². The molecule has 3 heterocycles. The molecule has 0 saturated carbocycles. The fourth-order valence-electron chi connectivity index (χ4n) is 3.19. The highest BCUT2D eigenvalue weighted by atomic mass is 79.9. The summed E-state index contributed by atoms with van der Waals surface area (Å²) in [7, 11) is 0. The average Bonchev–Trinajstić information content (AvgIpc) is 2.46. The number of pyridine rings is 1. The van der Waals surface area contributed by atoms with E-state index in [1.54, 1.807) is 12.3 Å². The van der Waals surface area contributed by atoms with Gasteiger partial charge in [-0.25, -0.2) is 9.78 Å². The summed E-state index contributed by atoms with van der Waals surface area (Å²) in [4.78, 5) is 20.4. The van der Waals surface area contributed by atoms with Gasteiger partial charge in [0.1, 0.15) is 11.4 Å². The van der Waals surface area contributed by atoms with Crippen LogP contribution in [0.15, 0.2) is 16.7 Å². The molecule has 2 aliphatic heterocycles. The van der Waals surface area contributed by atoms with Crippen LogP contribution in [0.5, 0.6) is 0 Å². The van der Waals surface area contributed by atoms with Gasteiger partial charge in [0.25, 0.3) is 0 Å². The SMILES string of the molecule is O=C(O)c1cc(Br)cnc1N1CCN2CCCCC2C1. The molecule has 0 aliphatic carbocycles. The molecule has 1 atom stereocenters. The zero-order chi connectivity index (χ0) is 14.1. The van der Waals surface area contributed by atoms with Crippen LogP contribution in [0, 0.1) is 0 Å². The van der Waals surface area contributed by atoms with Gasteiger partial charge in [0.15, 0.2) is 0 Å². The van der Waals surface area contributed by atoms with Crippen molar-refractivity contribution in [3.05, 3.63) is 22.3 Å². The van der Waals surface area contributed by atoms with Crippen LogP contribution in [0.2, 0.25) is 0 Å². The molecule has 2 fully saturated rings. The standard InChI is InChI=1S/C14H18BrN3O2/c15-10-7-12(14(19)20)13(16-8-10)18-6-5-17-4-2-1-3-11(17)9-18/h7-8,11H,1-6,9H2,(H,19,20). The molecule has 6 heteroatoms. The smallest absolute Gasteiger partial charge is 0.339 e. The minimum absolute atomic E-state index is 0.281. The second-order valence-corrected chi connectivity index (χ2v) is 6.38. The second kappa shape index (κ2) is 5.69. The molecule has 108 valence electrons. The number of carbonyl (C=O) groups is 1. The molecule has 1 aromatic rings. The van der Waals surface area contributed by atoms with Crippen molar-refractivity contribution in [1.29, 1.82) is 0 Å². The first kappa shape index (κ1) is 13.8. The molecule has 1 unspecified atom stereocenters. The summed E-state index contributed by atoms with van der Waals surface area (Å²) in [5.74, 6) is -0.314. The molecule has 3 rings (SSSR count). The lowest BCUT2D eigenvalue weighted by Gasteiger charge is -2.44. The van der Waals surface area contributed by atoms with Crippen LogP contribution in [0.3, 0.4) is 0 Å². The lowest BCUT2D eigenvalue weighted by atomic mass is 9.99. The van der Waals surface area contributed by atoms with E-state index in [-0.39, 0.29) is 5.56 Å². The van der Waals surface area contributed by atoms with E-state index in [2.05, 4.69) is 30.7 Å². The Kier molecular flexibility index (Phi) is 3.94. The van der Waals surface area contributed by atoms with Crippen molar-refractivity contribution in [1.82, 2.24) is 9.88 Å². The van der Waals surface area contributed by atoms with E-state index >= 15 is 0 Å². The number of hydrogen-bond acceptors (Lipinski definition) is 4. The van der Waals surface area contributed by atoms with E-state index in [9.17, 15) is 9.90 Å². The van der Waals surface area contributed by atoms with Gasteiger partial charge in [-0.3, -0.25) is 4.90 Å². The van der Waals surface area contributed by atoms with Crippen LogP contribution in [0.4, 0.5) is 5.82 Å². The topological polar surface area (TPSA) is 56.7 Å². The Hall–Kier alpha value is -1.14. The summed E-state index contributed by atoms with van der Waals surface area (Å²) < 4.78 is 0.704. The maximum atomic E-state index is 11.4. The first-order chi connectivity index (χ1) is 9.65. The van der Waals surface area contributed by atoms with E-state index in [0.717, 1.165) is 19.6 Å². The van der Waals surface area contributed by atoms with Gasteiger partial charge < -0.3 is 10.0 Å². The number of aromatic carboxylic acids is 1. The Labute approximate surface area is 126 Å². The number of carboxylic acids is 1. The minimum Gasteiger partial charge on any atom is -0.478 e. The summed E-state index contributed by atoms with van der Waals surface area (Å²) in [6.07, 6.45) is 5.44. The second-order valence-electron chi connectivity index (χ2n) is 5.46. The van der Waals surface area contributed by atoms with Crippen molar-refractivity contribution in [3.8, 4) is 0 Å². The molecule has 0 spiro atoms. The summed E-state index contributed by atoms with van der Waals surface area (Å²) in [6.45, 7) is 3.92. The van der Waals surface area contributed by atoms with Gasteiger partial charge in [-0.15, -0.1) is 0 Å². The van der Waals surface area contributed by atoms with Gasteiger partial charge in [-0.2, -0.15) is 0 Å². The minimum atomic E-state index is -0.917. The van der Waals surface area contributed by atoms with Crippen molar-refractivity contribution < 1.29 is 9.90 Å². The van der Waals surface area contributed by atoms with Gasteiger partial charge in [0.05, 0.1) is 0 Å². The van der Waals surface area contributed by atoms with Gasteiger partial charge in [-0.1, -0.05) is 6.42 Å². The predicted molar refractivity (Wildman–Crippen MR) is 80.3 cm³/mol. The van der Waals surface area contributed by atoms with Gasteiger partial charge in [0.2, 0.25) is 0 Å². The molecule has 2 aliphatic rings. The Morgan fingerprint density at radius 2 is 2.20 bits per heavy atom. The molecule has 0 amide bonds. The highest BCUT2D eigenvalue weighted by Gasteiger charge is 2.31. The number of hydrogen-bond donors (Lipinski definition) is 1. The lowest BCUT2D eigenvalue weighted by Crippen LogP contribution is -2.55. The number of piperidine rings is 1. The largest absolute Gasteiger partial charge is 0.478 e. The molecule has 0 aromatic carbocycles. The van der Waals surface area contributed by atoms with Crippen molar-refractivity contribution in [2.45, 2.75) is 25.3 Å². The van der Waals surface area contributed by atoms with Crippen LogP contribution in [-0.2, 0) is 0 Å². The Bertz CT molecular complexity index is 523. The lowest BCUT2D eigenvalue weighted by molar-refractivity contribution is 0.0696.